The molecule has 0 N–H and O–H groups in total. The van der Waals surface area contributed by atoms with Crippen molar-refractivity contribution in [1.29, 1.82) is 5.26 Å². The number of thioether (sulfide) groups is 1. The highest BCUT2D eigenvalue weighted by Crippen LogP contribution is 2.25. The van der Waals surface area contributed by atoms with Crippen LogP contribution in [0.3, 0.4) is 0 Å². The first-order valence-electron chi connectivity index (χ1n) is 5.86. The molecule has 1 atom stereocenters. The summed E-state index contributed by atoms with van der Waals surface area (Å²) >= 11 is 1.67. The van der Waals surface area contributed by atoms with Gasteiger partial charge in [-0.1, -0.05) is 13.0 Å². The van der Waals surface area contributed by atoms with E-state index in [1.54, 1.807) is 24.9 Å². The van der Waals surface area contributed by atoms with Gasteiger partial charge in [-0.15, -0.1) is 0 Å². The van der Waals surface area contributed by atoms with Crippen molar-refractivity contribution in [3.8, 4) is 11.8 Å². The molecule has 0 aliphatic heterocycles. The third-order valence-corrected chi connectivity index (χ3v) is 3.84. The van der Waals surface area contributed by atoms with Gasteiger partial charge in [0.1, 0.15) is 11.8 Å². The van der Waals surface area contributed by atoms with Crippen LogP contribution in [0.15, 0.2) is 18.2 Å². The second kappa shape index (κ2) is 7.70. The number of nitriles is 1. The molecule has 0 amide bonds. The summed E-state index contributed by atoms with van der Waals surface area (Å²) in [6, 6.07) is 7.59. The normalized spacial score (nSPS) is 11.5. The van der Waals surface area contributed by atoms with Gasteiger partial charge in [-0.2, -0.15) is 17.0 Å². The number of hydrogen-bond acceptors (Lipinski definition) is 5. The molecule has 1 rings (SSSR count). The van der Waals surface area contributed by atoms with Gasteiger partial charge < -0.3 is 9.47 Å². The Kier molecular flexibility index (Phi) is 6.23. The van der Waals surface area contributed by atoms with Gasteiger partial charge in [0.2, 0.25) is 0 Å². The molecule has 1 aromatic rings. The number of carbonyl (C=O) groups is 1. The number of rotatable bonds is 6. The summed E-state index contributed by atoms with van der Waals surface area (Å²) in [5, 5.41) is 9.09. The lowest BCUT2D eigenvalue weighted by atomic mass is 10.1. The van der Waals surface area contributed by atoms with E-state index in [-0.39, 0.29) is 11.2 Å². The van der Waals surface area contributed by atoms with E-state index in [0.29, 0.717) is 17.7 Å². The number of methoxy groups -OCH3 is 2. The zero-order valence-electron chi connectivity index (χ0n) is 11.3. The first-order valence-corrected chi connectivity index (χ1v) is 6.91. The Morgan fingerprint density at radius 1 is 1.47 bits per heavy atom. The summed E-state index contributed by atoms with van der Waals surface area (Å²) in [5.74, 6) is 1.15. The smallest absolute Gasteiger partial charge is 0.306 e. The summed E-state index contributed by atoms with van der Waals surface area (Å²) in [6.45, 7) is 1.99. The van der Waals surface area contributed by atoms with Gasteiger partial charge >= 0.3 is 5.97 Å². The zero-order valence-corrected chi connectivity index (χ0v) is 12.1. The lowest BCUT2D eigenvalue weighted by Gasteiger charge is -2.11. The van der Waals surface area contributed by atoms with Crippen LogP contribution in [0.4, 0.5) is 0 Å². The molecule has 0 saturated heterocycles. The monoisotopic (exact) mass is 279 g/mol. The van der Waals surface area contributed by atoms with Crippen molar-refractivity contribution in [2.45, 2.75) is 24.3 Å². The van der Waals surface area contributed by atoms with Crippen molar-refractivity contribution in [1.82, 2.24) is 0 Å². The lowest BCUT2D eigenvalue weighted by Crippen LogP contribution is -2.08. The average Bonchev–Trinajstić information content (AvgIpc) is 2.44. The van der Waals surface area contributed by atoms with Crippen LogP contribution in [0.5, 0.6) is 5.75 Å². The summed E-state index contributed by atoms with van der Waals surface area (Å²) < 4.78 is 9.79. The van der Waals surface area contributed by atoms with E-state index in [2.05, 4.69) is 10.8 Å². The molecule has 102 valence electrons. The van der Waals surface area contributed by atoms with Gasteiger partial charge in [0.05, 0.1) is 26.2 Å². The molecule has 0 saturated carbocycles. The lowest BCUT2D eigenvalue weighted by molar-refractivity contribution is -0.140. The Balaban J connectivity index is 2.59. The van der Waals surface area contributed by atoms with Gasteiger partial charge in [0.15, 0.2) is 0 Å². The predicted molar refractivity (Wildman–Crippen MR) is 75.1 cm³/mol. The number of carbonyl (C=O) groups excluding carboxylic acids is 1. The molecule has 1 unspecified atom stereocenters. The minimum atomic E-state index is -0.197. The van der Waals surface area contributed by atoms with Crippen LogP contribution in [-0.4, -0.2) is 25.4 Å². The Hall–Kier alpha value is -1.67. The summed E-state index contributed by atoms with van der Waals surface area (Å²) in [7, 11) is 2.94. The molecular formula is C14H17NO3S. The third kappa shape index (κ3) is 4.84. The van der Waals surface area contributed by atoms with E-state index in [4.69, 9.17) is 10.00 Å². The van der Waals surface area contributed by atoms with Crippen LogP contribution < -0.4 is 4.74 Å². The van der Waals surface area contributed by atoms with Crippen LogP contribution in [0, 0.1) is 11.3 Å². The second-order valence-electron chi connectivity index (χ2n) is 4.05. The SMILES string of the molecule is COC(=O)CC(C)SCc1ccc(C#N)c(OC)c1. The molecule has 0 bridgehead atoms. The molecule has 19 heavy (non-hydrogen) atoms. The first-order chi connectivity index (χ1) is 9.10. The molecule has 5 heteroatoms. The molecule has 4 nitrogen and oxygen atoms in total. The highest BCUT2D eigenvalue weighted by Gasteiger charge is 2.10. The second-order valence-corrected chi connectivity index (χ2v) is 5.48. The first kappa shape index (κ1) is 15.4. The van der Waals surface area contributed by atoms with Gasteiger partial charge in [0.25, 0.3) is 0 Å². The van der Waals surface area contributed by atoms with E-state index in [9.17, 15) is 4.79 Å². The van der Waals surface area contributed by atoms with Crippen LogP contribution in [0.2, 0.25) is 0 Å². The Bertz CT molecular complexity index is 482. The Morgan fingerprint density at radius 2 is 2.21 bits per heavy atom. The standard InChI is InChI=1S/C14H17NO3S/c1-10(6-14(16)18-3)19-9-11-4-5-12(8-15)13(7-11)17-2/h4-5,7,10H,6,9H2,1-3H3. The van der Waals surface area contributed by atoms with Gasteiger partial charge in [-0.25, -0.2) is 0 Å². The van der Waals surface area contributed by atoms with E-state index >= 15 is 0 Å². The van der Waals surface area contributed by atoms with Crippen LogP contribution >= 0.6 is 11.8 Å². The summed E-state index contributed by atoms with van der Waals surface area (Å²) in [6.07, 6.45) is 0.397. The highest BCUT2D eigenvalue weighted by molar-refractivity contribution is 7.99. The molecule has 0 radical (unpaired) electrons. The van der Waals surface area contributed by atoms with E-state index in [1.165, 1.54) is 7.11 Å². The van der Waals surface area contributed by atoms with E-state index in [0.717, 1.165) is 11.3 Å². The Morgan fingerprint density at radius 3 is 2.79 bits per heavy atom. The summed E-state index contributed by atoms with van der Waals surface area (Å²) in [4.78, 5) is 11.1. The minimum Gasteiger partial charge on any atom is -0.495 e. The van der Waals surface area contributed by atoms with E-state index < -0.39 is 0 Å². The number of benzene rings is 1. The summed E-state index contributed by atoms with van der Waals surface area (Å²) in [5.41, 5.74) is 1.59. The highest BCUT2D eigenvalue weighted by atomic mass is 32.2. The van der Waals surface area contributed by atoms with E-state index in [1.807, 2.05) is 19.1 Å². The molecular weight excluding hydrogens is 262 g/mol. The topological polar surface area (TPSA) is 59.3 Å². The van der Waals surface area contributed by atoms with Gasteiger partial charge in [-0.05, 0) is 17.7 Å². The van der Waals surface area contributed by atoms with Gasteiger partial charge in [0, 0.05) is 11.0 Å². The third-order valence-electron chi connectivity index (χ3n) is 2.60. The maximum absolute atomic E-state index is 11.1. The molecule has 1 aromatic carbocycles. The van der Waals surface area contributed by atoms with Crippen molar-refractivity contribution < 1.29 is 14.3 Å². The number of esters is 1. The van der Waals surface area contributed by atoms with Crippen LogP contribution in [-0.2, 0) is 15.3 Å². The molecule has 0 spiro atoms. The fourth-order valence-corrected chi connectivity index (χ4v) is 2.44. The predicted octanol–water partition coefficient (Wildman–Crippen LogP) is 2.75. The van der Waals surface area contributed by atoms with Gasteiger partial charge in [-0.3, -0.25) is 4.79 Å². The fourth-order valence-electron chi connectivity index (χ4n) is 1.53. The molecule has 0 aromatic heterocycles. The Labute approximate surface area is 117 Å². The quantitative estimate of drug-likeness (QED) is 0.749. The maximum Gasteiger partial charge on any atom is 0.306 e. The van der Waals surface area contributed by atoms with Crippen LogP contribution in [0.1, 0.15) is 24.5 Å². The number of ether oxygens (including phenoxy) is 2. The largest absolute Gasteiger partial charge is 0.495 e. The molecule has 0 fully saturated rings. The van der Waals surface area contributed by atoms with Crippen molar-refractivity contribution in [2.75, 3.05) is 14.2 Å². The minimum absolute atomic E-state index is 0.189. The van der Waals surface area contributed by atoms with Crippen molar-refractivity contribution in [3.63, 3.8) is 0 Å². The number of hydrogen-bond donors (Lipinski definition) is 0. The molecule has 0 aliphatic rings. The van der Waals surface area contributed by atoms with Crippen molar-refractivity contribution in [3.05, 3.63) is 29.3 Å². The average molecular weight is 279 g/mol. The molecule has 0 aliphatic carbocycles. The maximum atomic E-state index is 11.1. The van der Waals surface area contributed by atoms with Crippen molar-refractivity contribution >= 4 is 17.7 Å². The van der Waals surface area contributed by atoms with Crippen LogP contribution in [0.25, 0.3) is 0 Å². The zero-order chi connectivity index (χ0) is 14.3. The van der Waals surface area contributed by atoms with Crippen molar-refractivity contribution in [2.24, 2.45) is 0 Å². The fraction of sp³-hybridized carbons (Fsp3) is 0.429. The number of nitrogens with zero attached hydrogens (tertiary/aromatic N) is 1. The molecule has 0 heterocycles.